The van der Waals surface area contributed by atoms with E-state index in [1.807, 2.05) is 0 Å². The molecule has 0 aliphatic heterocycles. The van der Waals surface area contributed by atoms with Gasteiger partial charge in [-0.3, -0.25) is 20.2 Å². The largest absolute Gasteiger partial charge is 0.279 e. The first-order valence-electron chi connectivity index (χ1n) is 6.60. The first kappa shape index (κ1) is 14.9. The van der Waals surface area contributed by atoms with Crippen molar-refractivity contribution in [2.24, 2.45) is 0 Å². The lowest BCUT2D eigenvalue weighted by molar-refractivity contribution is -0.386. The maximum atomic E-state index is 11.2. The fraction of sp³-hybridized carbons (Fsp3) is 0. The van der Waals surface area contributed by atoms with E-state index in [1.54, 1.807) is 18.2 Å². The molecule has 0 saturated carbocycles. The van der Waals surface area contributed by atoms with Crippen LogP contribution in [0.15, 0.2) is 30.3 Å². The topological polar surface area (TPSA) is 134 Å². The average molecular weight is 318 g/mol. The summed E-state index contributed by atoms with van der Waals surface area (Å²) in [5.74, 6) is 0. The van der Waals surface area contributed by atoms with Gasteiger partial charge in [0.15, 0.2) is 0 Å². The van der Waals surface area contributed by atoms with Crippen molar-refractivity contribution in [1.29, 1.82) is 10.5 Å². The van der Waals surface area contributed by atoms with E-state index in [0.29, 0.717) is 21.9 Å². The van der Waals surface area contributed by atoms with E-state index in [-0.39, 0.29) is 22.2 Å². The molecule has 1 aliphatic carbocycles. The van der Waals surface area contributed by atoms with Crippen LogP contribution in [0.3, 0.4) is 0 Å². The highest BCUT2D eigenvalue weighted by atomic mass is 16.6. The highest BCUT2D eigenvalue weighted by Crippen LogP contribution is 2.30. The van der Waals surface area contributed by atoms with Crippen LogP contribution in [0.4, 0.5) is 11.4 Å². The van der Waals surface area contributed by atoms with Crippen LogP contribution in [0, 0.1) is 42.9 Å². The molecule has 0 atom stereocenters. The first-order valence-corrected chi connectivity index (χ1v) is 6.60. The molecule has 0 bridgehead atoms. The third-order valence-electron chi connectivity index (χ3n) is 3.73. The Kier molecular flexibility index (Phi) is 3.29. The fourth-order valence-corrected chi connectivity index (χ4v) is 2.73. The summed E-state index contributed by atoms with van der Waals surface area (Å²) >= 11 is 0. The van der Waals surface area contributed by atoms with Crippen molar-refractivity contribution in [3.05, 3.63) is 66.6 Å². The van der Waals surface area contributed by atoms with E-state index in [2.05, 4.69) is 0 Å². The summed E-state index contributed by atoms with van der Waals surface area (Å²) in [6.45, 7) is 0. The van der Waals surface area contributed by atoms with E-state index >= 15 is 0 Å². The normalized spacial score (nSPS) is 10.6. The Morgan fingerprint density at radius 1 is 0.958 bits per heavy atom. The Hall–Kier alpha value is -4.04. The van der Waals surface area contributed by atoms with Gasteiger partial charge < -0.3 is 0 Å². The van der Waals surface area contributed by atoms with Crippen LogP contribution in [-0.2, 0) is 0 Å². The Morgan fingerprint density at radius 2 is 1.62 bits per heavy atom. The number of fused-ring (bicyclic) bond motifs is 3. The third-order valence-corrected chi connectivity index (χ3v) is 3.73. The second kappa shape index (κ2) is 5.30. The Morgan fingerprint density at radius 3 is 2.21 bits per heavy atom. The molecule has 0 radical (unpaired) electrons. The van der Waals surface area contributed by atoms with Gasteiger partial charge >= 0.3 is 0 Å². The minimum atomic E-state index is -0.663. The monoisotopic (exact) mass is 318 g/mol. The van der Waals surface area contributed by atoms with Gasteiger partial charge in [-0.05, 0) is 40.1 Å². The van der Waals surface area contributed by atoms with E-state index in [9.17, 15) is 20.2 Å². The molecule has 0 amide bonds. The number of nitriles is 2. The molecule has 8 heteroatoms. The summed E-state index contributed by atoms with van der Waals surface area (Å²) in [5.41, 5.74) is 0.905. The minimum absolute atomic E-state index is 0.0682. The molecule has 24 heavy (non-hydrogen) atoms. The van der Waals surface area contributed by atoms with Crippen LogP contribution in [0.25, 0.3) is 22.8 Å². The summed E-state index contributed by atoms with van der Waals surface area (Å²) in [4.78, 5) is 20.9. The molecule has 2 aromatic carbocycles. The average Bonchev–Trinajstić information content (AvgIpc) is 2.93. The number of benzene rings is 2. The molecular weight excluding hydrogens is 312 g/mol. The number of nitro benzene ring substituents is 2. The van der Waals surface area contributed by atoms with Gasteiger partial charge in [-0.2, -0.15) is 10.5 Å². The molecule has 0 aromatic heterocycles. The highest BCUT2D eigenvalue weighted by Gasteiger charge is 2.22. The summed E-state index contributed by atoms with van der Waals surface area (Å²) in [5, 5.41) is 40.6. The van der Waals surface area contributed by atoms with Crippen molar-refractivity contribution in [1.82, 2.24) is 0 Å². The molecule has 8 nitrogen and oxygen atoms in total. The molecule has 1 aliphatic rings. The van der Waals surface area contributed by atoms with Gasteiger partial charge in [-0.15, -0.1) is 0 Å². The second-order valence-electron chi connectivity index (χ2n) is 4.95. The molecular formula is C16H6N4O4. The quantitative estimate of drug-likeness (QED) is 0.519. The van der Waals surface area contributed by atoms with Crippen LogP contribution in [0.5, 0.6) is 0 Å². The molecule has 0 unspecified atom stereocenters. The lowest BCUT2D eigenvalue weighted by Crippen LogP contribution is -2.29. The van der Waals surface area contributed by atoms with Crippen molar-refractivity contribution < 1.29 is 9.85 Å². The SMILES string of the molecule is N#CC(C#N)=c1c([N+](=O)[O-])ccc2c1=Cc1cc([N+](=O)[O-])ccc1-2. The number of nitrogens with zero attached hydrogens (tertiary/aromatic N) is 4. The maximum absolute atomic E-state index is 11.2. The van der Waals surface area contributed by atoms with Gasteiger partial charge in [0, 0.05) is 18.2 Å². The predicted molar refractivity (Wildman–Crippen MR) is 82.6 cm³/mol. The molecule has 0 N–H and O–H groups in total. The van der Waals surface area contributed by atoms with Gasteiger partial charge in [-0.1, -0.05) is 0 Å². The molecule has 0 fully saturated rings. The van der Waals surface area contributed by atoms with E-state index in [1.165, 1.54) is 30.3 Å². The molecule has 2 aromatic rings. The van der Waals surface area contributed by atoms with Crippen molar-refractivity contribution in [2.75, 3.05) is 0 Å². The zero-order valence-electron chi connectivity index (χ0n) is 11.9. The molecule has 0 heterocycles. The molecule has 0 saturated heterocycles. The van der Waals surface area contributed by atoms with Gasteiger partial charge in [0.05, 0.1) is 15.1 Å². The van der Waals surface area contributed by atoms with Crippen LogP contribution in [-0.4, -0.2) is 9.85 Å². The predicted octanol–water partition coefficient (Wildman–Crippen LogP) is 1.51. The molecule has 114 valence electrons. The van der Waals surface area contributed by atoms with Crippen LogP contribution in [0.2, 0.25) is 0 Å². The Balaban J connectivity index is 2.48. The third kappa shape index (κ3) is 2.07. The lowest BCUT2D eigenvalue weighted by Gasteiger charge is -2.02. The van der Waals surface area contributed by atoms with Gasteiger partial charge in [0.1, 0.15) is 17.7 Å². The lowest BCUT2D eigenvalue weighted by atomic mass is 10.0. The Bertz CT molecular complexity index is 1120. The zero-order valence-corrected chi connectivity index (χ0v) is 11.9. The number of nitro groups is 2. The summed E-state index contributed by atoms with van der Waals surface area (Å²) in [7, 11) is 0. The summed E-state index contributed by atoms with van der Waals surface area (Å²) < 4.78 is 0. The van der Waals surface area contributed by atoms with Crippen LogP contribution in [0.1, 0.15) is 5.56 Å². The van der Waals surface area contributed by atoms with Crippen molar-refractivity contribution in [2.45, 2.75) is 0 Å². The van der Waals surface area contributed by atoms with E-state index < -0.39 is 9.85 Å². The number of non-ortho nitro benzene ring substituents is 2. The fourth-order valence-electron chi connectivity index (χ4n) is 2.73. The zero-order chi connectivity index (χ0) is 17.4. The number of rotatable bonds is 2. The summed E-state index contributed by atoms with van der Waals surface area (Å²) in [6, 6.07) is 10.3. The highest BCUT2D eigenvalue weighted by molar-refractivity contribution is 5.87. The first-order chi connectivity index (χ1) is 11.5. The van der Waals surface area contributed by atoms with Crippen molar-refractivity contribution in [3.8, 4) is 23.3 Å². The molecule has 0 spiro atoms. The smallest absolute Gasteiger partial charge is 0.258 e. The summed E-state index contributed by atoms with van der Waals surface area (Å²) in [6.07, 6.45) is 1.52. The maximum Gasteiger partial charge on any atom is 0.279 e. The van der Waals surface area contributed by atoms with Crippen LogP contribution < -0.4 is 10.4 Å². The molecule has 3 rings (SSSR count). The Labute approximate surface area is 134 Å². The van der Waals surface area contributed by atoms with E-state index in [0.717, 1.165) is 0 Å². The van der Waals surface area contributed by atoms with E-state index in [4.69, 9.17) is 10.5 Å². The number of hydrogen-bond acceptors (Lipinski definition) is 6. The van der Waals surface area contributed by atoms with Gasteiger partial charge in [0.2, 0.25) is 0 Å². The van der Waals surface area contributed by atoms with Gasteiger partial charge in [0.25, 0.3) is 11.4 Å². The van der Waals surface area contributed by atoms with Crippen molar-refractivity contribution >= 4 is 23.0 Å². The van der Waals surface area contributed by atoms with Crippen molar-refractivity contribution in [3.63, 3.8) is 0 Å². The van der Waals surface area contributed by atoms with Gasteiger partial charge in [-0.25, -0.2) is 0 Å². The minimum Gasteiger partial charge on any atom is -0.258 e. The van der Waals surface area contributed by atoms with Crippen LogP contribution >= 0.6 is 0 Å². The second-order valence-corrected chi connectivity index (χ2v) is 4.95. The number of hydrogen-bond donors (Lipinski definition) is 0. The standard InChI is InChI=1S/C16H6N4O4/c17-7-10(8-18)16-14-6-9-5-11(19(21)22)1-2-12(9)13(14)3-4-15(16)20(23)24/h1-6H.